The fraction of sp³-hybridized carbons (Fsp3) is 0.200. The summed E-state index contributed by atoms with van der Waals surface area (Å²) in [7, 11) is 0. The molecule has 0 unspecified atom stereocenters. The molecule has 0 aliphatic carbocycles. The SMILES string of the molecule is Cc1nnn(-c2ccccc2Cl)c1C. The third-order valence-electron chi connectivity index (χ3n) is 2.21. The number of hydrogen-bond acceptors (Lipinski definition) is 2. The number of para-hydroxylation sites is 1. The Balaban J connectivity index is 2.60. The summed E-state index contributed by atoms with van der Waals surface area (Å²) >= 11 is 6.05. The summed E-state index contributed by atoms with van der Waals surface area (Å²) in [5.41, 5.74) is 2.80. The highest BCUT2D eigenvalue weighted by Gasteiger charge is 2.08. The molecular formula is C10H10ClN3. The molecular weight excluding hydrogens is 198 g/mol. The highest BCUT2D eigenvalue weighted by atomic mass is 35.5. The summed E-state index contributed by atoms with van der Waals surface area (Å²) in [6.45, 7) is 3.90. The van der Waals surface area contributed by atoms with E-state index in [-0.39, 0.29) is 0 Å². The number of benzene rings is 1. The predicted molar refractivity (Wildman–Crippen MR) is 55.8 cm³/mol. The minimum Gasteiger partial charge on any atom is -0.216 e. The van der Waals surface area contributed by atoms with Crippen molar-refractivity contribution in [3.63, 3.8) is 0 Å². The molecule has 2 rings (SSSR count). The molecule has 0 bridgehead atoms. The average molecular weight is 208 g/mol. The number of hydrogen-bond donors (Lipinski definition) is 0. The Hall–Kier alpha value is -1.35. The third-order valence-corrected chi connectivity index (χ3v) is 2.53. The van der Waals surface area contributed by atoms with Crippen LogP contribution in [0.3, 0.4) is 0 Å². The lowest BCUT2D eigenvalue weighted by atomic mass is 10.3. The molecule has 0 fully saturated rings. The first-order valence-corrected chi connectivity index (χ1v) is 4.72. The lowest BCUT2D eigenvalue weighted by Crippen LogP contribution is -1.99. The first kappa shape index (κ1) is 9.21. The van der Waals surface area contributed by atoms with Crippen molar-refractivity contribution in [2.75, 3.05) is 0 Å². The Bertz CT molecular complexity index is 462. The summed E-state index contributed by atoms with van der Waals surface area (Å²) in [5.74, 6) is 0. The first-order valence-electron chi connectivity index (χ1n) is 4.34. The summed E-state index contributed by atoms with van der Waals surface area (Å²) < 4.78 is 1.75. The highest BCUT2D eigenvalue weighted by molar-refractivity contribution is 6.32. The van der Waals surface area contributed by atoms with Crippen molar-refractivity contribution in [2.45, 2.75) is 13.8 Å². The lowest BCUT2D eigenvalue weighted by Gasteiger charge is -2.04. The molecule has 3 nitrogen and oxygen atoms in total. The van der Waals surface area contributed by atoms with Crippen LogP contribution in [0.25, 0.3) is 5.69 Å². The standard InChI is InChI=1S/C10H10ClN3/c1-7-8(2)14(13-12-7)10-6-4-3-5-9(10)11/h3-6H,1-2H3. The molecule has 72 valence electrons. The van der Waals surface area contributed by atoms with E-state index in [9.17, 15) is 0 Å². The number of nitrogens with zero attached hydrogens (tertiary/aromatic N) is 3. The smallest absolute Gasteiger partial charge is 0.0852 e. The number of aromatic nitrogens is 3. The van der Waals surface area contributed by atoms with Crippen LogP contribution in [0.15, 0.2) is 24.3 Å². The van der Waals surface area contributed by atoms with Gasteiger partial charge in [-0.15, -0.1) is 5.10 Å². The number of halogens is 1. The summed E-state index contributed by atoms with van der Waals surface area (Å²) in [6, 6.07) is 7.58. The Morgan fingerprint density at radius 1 is 1.21 bits per heavy atom. The van der Waals surface area contributed by atoms with Gasteiger partial charge in [-0.2, -0.15) is 0 Å². The van der Waals surface area contributed by atoms with Crippen molar-refractivity contribution in [1.82, 2.24) is 15.0 Å². The summed E-state index contributed by atoms with van der Waals surface area (Å²) in [5, 5.41) is 8.70. The zero-order chi connectivity index (χ0) is 10.1. The molecule has 0 N–H and O–H groups in total. The van der Waals surface area contributed by atoms with Crippen LogP contribution in [0.1, 0.15) is 11.4 Å². The maximum Gasteiger partial charge on any atom is 0.0852 e. The second-order valence-electron chi connectivity index (χ2n) is 3.12. The van der Waals surface area contributed by atoms with Gasteiger partial charge >= 0.3 is 0 Å². The van der Waals surface area contributed by atoms with Gasteiger partial charge in [-0.3, -0.25) is 0 Å². The van der Waals surface area contributed by atoms with Gasteiger partial charge in [0, 0.05) is 0 Å². The summed E-state index contributed by atoms with van der Waals surface area (Å²) in [4.78, 5) is 0. The third kappa shape index (κ3) is 1.40. The van der Waals surface area contributed by atoms with Crippen molar-refractivity contribution in [2.24, 2.45) is 0 Å². The van der Waals surface area contributed by atoms with Crippen molar-refractivity contribution < 1.29 is 0 Å². The highest BCUT2D eigenvalue weighted by Crippen LogP contribution is 2.20. The fourth-order valence-corrected chi connectivity index (χ4v) is 1.47. The maximum absolute atomic E-state index is 6.05. The van der Waals surface area contributed by atoms with E-state index in [0.29, 0.717) is 5.02 Å². The molecule has 0 aliphatic rings. The molecule has 1 heterocycles. The van der Waals surface area contributed by atoms with Crippen molar-refractivity contribution in [1.29, 1.82) is 0 Å². The topological polar surface area (TPSA) is 30.7 Å². The zero-order valence-electron chi connectivity index (χ0n) is 8.03. The van der Waals surface area contributed by atoms with Crippen LogP contribution >= 0.6 is 11.6 Å². The molecule has 4 heteroatoms. The van der Waals surface area contributed by atoms with Gasteiger partial charge in [0.15, 0.2) is 0 Å². The van der Waals surface area contributed by atoms with Gasteiger partial charge in [0.25, 0.3) is 0 Å². The van der Waals surface area contributed by atoms with Gasteiger partial charge in [-0.25, -0.2) is 4.68 Å². The second kappa shape index (κ2) is 3.42. The van der Waals surface area contributed by atoms with E-state index in [1.807, 2.05) is 38.1 Å². The van der Waals surface area contributed by atoms with E-state index in [1.165, 1.54) is 0 Å². The largest absolute Gasteiger partial charge is 0.216 e. The van der Waals surface area contributed by atoms with E-state index in [4.69, 9.17) is 11.6 Å². The fourth-order valence-electron chi connectivity index (χ4n) is 1.26. The number of aryl methyl sites for hydroxylation is 1. The van der Waals surface area contributed by atoms with Crippen molar-refractivity contribution >= 4 is 11.6 Å². The maximum atomic E-state index is 6.05. The van der Waals surface area contributed by atoms with Gasteiger partial charge in [-0.05, 0) is 26.0 Å². The molecule has 14 heavy (non-hydrogen) atoms. The molecule has 0 amide bonds. The predicted octanol–water partition coefficient (Wildman–Crippen LogP) is 2.54. The van der Waals surface area contributed by atoms with Gasteiger partial charge in [0.2, 0.25) is 0 Å². The van der Waals surface area contributed by atoms with Crippen molar-refractivity contribution in [3.05, 3.63) is 40.7 Å². The quantitative estimate of drug-likeness (QED) is 0.720. The van der Waals surface area contributed by atoms with Gasteiger partial charge in [0.05, 0.1) is 22.1 Å². The van der Waals surface area contributed by atoms with E-state index < -0.39 is 0 Å². The van der Waals surface area contributed by atoms with Crippen LogP contribution < -0.4 is 0 Å². The Labute approximate surface area is 87.3 Å². The van der Waals surface area contributed by atoms with E-state index in [0.717, 1.165) is 17.1 Å². The van der Waals surface area contributed by atoms with Gasteiger partial charge < -0.3 is 0 Å². The molecule has 1 aromatic heterocycles. The minimum absolute atomic E-state index is 0.681. The first-order chi connectivity index (χ1) is 6.70. The number of rotatable bonds is 1. The van der Waals surface area contributed by atoms with E-state index in [2.05, 4.69) is 10.3 Å². The minimum atomic E-state index is 0.681. The van der Waals surface area contributed by atoms with E-state index in [1.54, 1.807) is 4.68 Å². The van der Waals surface area contributed by atoms with Crippen LogP contribution in [0.2, 0.25) is 5.02 Å². The van der Waals surface area contributed by atoms with Crippen LogP contribution in [0.5, 0.6) is 0 Å². The normalized spacial score (nSPS) is 10.5. The Morgan fingerprint density at radius 2 is 1.93 bits per heavy atom. The molecule has 0 atom stereocenters. The Morgan fingerprint density at radius 3 is 2.50 bits per heavy atom. The second-order valence-corrected chi connectivity index (χ2v) is 3.53. The molecule has 2 aromatic rings. The summed E-state index contributed by atoms with van der Waals surface area (Å²) in [6.07, 6.45) is 0. The van der Waals surface area contributed by atoms with Gasteiger partial charge in [0.1, 0.15) is 0 Å². The van der Waals surface area contributed by atoms with Crippen LogP contribution in [0.4, 0.5) is 0 Å². The van der Waals surface area contributed by atoms with Crippen LogP contribution in [0, 0.1) is 13.8 Å². The zero-order valence-corrected chi connectivity index (χ0v) is 8.78. The van der Waals surface area contributed by atoms with Gasteiger partial charge in [-0.1, -0.05) is 28.9 Å². The molecule has 0 radical (unpaired) electrons. The molecule has 0 spiro atoms. The average Bonchev–Trinajstić information content (AvgIpc) is 2.49. The van der Waals surface area contributed by atoms with E-state index >= 15 is 0 Å². The molecule has 0 saturated carbocycles. The van der Waals surface area contributed by atoms with Crippen molar-refractivity contribution in [3.8, 4) is 5.69 Å². The molecule has 0 aliphatic heterocycles. The van der Waals surface area contributed by atoms with Crippen LogP contribution in [-0.4, -0.2) is 15.0 Å². The molecule has 0 saturated heterocycles. The lowest BCUT2D eigenvalue weighted by molar-refractivity contribution is 0.784. The molecule has 1 aromatic carbocycles. The van der Waals surface area contributed by atoms with Crippen LogP contribution in [-0.2, 0) is 0 Å². The Kier molecular flexibility index (Phi) is 2.25. The monoisotopic (exact) mass is 207 g/mol.